The second-order valence-electron chi connectivity index (χ2n) is 18.6. The van der Waals surface area contributed by atoms with Crippen LogP contribution in [0.5, 0.6) is 5.75 Å². The third kappa shape index (κ3) is 15.1. The first-order chi connectivity index (χ1) is 41.2. The van der Waals surface area contributed by atoms with Crippen molar-refractivity contribution in [3.05, 3.63) is 156 Å². The average Bonchev–Trinajstić information content (AvgIpc) is 3.81. The molecule has 1 heterocycles. The Morgan fingerprint density at radius 3 is 1.41 bits per heavy atom. The highest BCUT2D eigenvalue weighted by molar-refractivity contribution is 7.87. The fraction of sp³-hybridized carbons (Fsp3) is 0.0769. The largest absolute Gasteiger partial charge is 0.505 e. The van der Waals surface area contributed by atoms with E-state index >= 15 is 0 Å². The van der Waals surface area contributed by atoms with Crippen molar-refractivity contribution in [2.45, 2.75) is 47.3 Å². The van der Waals surface area contributed by atoms with Crippen molar-refractivity contribution in [3.8, 4) is 11.4 Å². The van der Waals surface area contributed by atoms with E-state index in [1.807, 2.05) is 20.8 Å². The van der Waals surface area contributed by atoms with Gasteiger partial charge in [0.1, 0.15) is 37.1 Å². The minimum absolute atomic E-state index is 0.00445. The number of phenolic OH excluding ortho intramolecular Hbond substituents is 1. The maximum atomic E-state index is 12.3. The van der Waals surface area contributed by atoms with Gasteiger partial charge in [0.05, 0.1) is 44.7 Å². The second-order valence-corrected chi connectivity index (χ2v) is 25.0. The van der Waals surface area contributed by atoms with E-state index in [0.717, 1.165) is 41.0 Å². The lowest BCUT2D eigenvalue weighted by Gasteiger charge is -2.08. The summed E-state index contributed by atoms with van der Waals surface area (Å²) in [5.74, 6) is -0.157. The van der Waals surface area contributed by atoms with Crippen molar-refractivity contribution in [1.29, 1.82) is 0 Å². The van der Waals surface area contributed by atoms with Gasteiger partial charge < -0.3 is 5.11 Å². The summed E-state index contributed by atoms with van der Waals surface area (Å²) < 4.78 is 187. The molecule has 0 saturated carbocycles. The molecule has 10 aromatic rings. The van der Waals surface area contributed by atoms with Gasteiger partial charge in [-0.3, -0.25) is 18.2 Å². The van der Waals surface area contributed by atoms with Gasteiger partial charge in [-0.1, -0.05) is 24.3 Å². The Hall–Kier alpha value is -9.76. The van der Waals surface area contributed by atoms with Crippen molar-refractivity contribution in [2.75, 3.05) is 0 Å². The van der Waals surface area contributed by atoms with Crippen LogP contribution in [-0.2, 0) is 61.7 Å². The minimum atomic E-state index is -4.92. The molecule has 0 amide bonds. The molecule has 452 valence electrons. The highest BCUT2D eigenvalue weighted by Crippen LogP contribution is 2.40. The monoisotopic (exact) mass is 1310 g/mol. The van der Waals surface area contributed by atoms with E-state index in [-0.39, 0.29) is 49.7 Å². The van der Waals surface area contributed by atoms with E-state index in [9.17, 15) is 57.0 Å². The third-order valence-electron chi connectivity index (χ3n) is 12.6. The molecule has 0 aliphatic heterocycles. The van der Waals surface area contributed by atoms with Gasteiger partial charge in [0.2, 0.25) is 0 Å². The number of hydrogen-bond donors (Lipinski definition) is 5. The first-order valence-corrected chi connectivity index (χ1v) is 32.0. The Kier molecular flexibility index (Phi) is 18.5. The summed E-state index contributed by atoms with van der Waals surface area (Å²) in [6.07, 6.45) is 0. The van der Waals surface area contributed by atoms with E-state index in [2.05, 4.69) is 51.1 Å². The van der Waals surface area contributed by atoms with E-state index in [1.165, 1.54) is 29.1 Å². The van der Waals surface area contributed by atoms with Crippen LogP contribution < -0.4 is 0 Å². The topological polar surface area (TPSA) is 470 Å². The molecule has 88 heavy (non-hydrogen) atoms. The van der Waals surface area contributed by atoms with Gasteiger partial charge in [-0.05, 0) is 170 Å². The number of aromatic hydroxyl groups is 1. The Labute approximate surface area is 500 Å². The summed E-state index contributed by atoms with van der Waals surface area (Å²) in [4.78, 5) is -1.37. The van der Waals surface area contributed by atoms with Crippen LogP contribution in [0.1, 0.15) is 22.3 Å². The van der Waals surface area contributed by atoms with Crippen LogP contribution in [0.25, 0.3) is 49.0 Å². The molecule has 0 spiro atoms. The van der Waals surface area contributed by atoms with Crippen molar-refractivity contribution in [2.24, 2.45) is 40.9 Å². The zero-order valence-electron chi connectivity index (χ0n) is 45.0. The first kappa shape index (κ1) is 64.2. The molecule has 10 rings (SSSR count). The van der Waals surface area contributed by atoms with Gasteiger partial charge in [0.15, 0.2) is 5.75 Å². The number of phenols is 1. The standard InChI is InChI=1S/C52H39N11O13S4.2O3S/c1-27-18-34(9-15-41(27)55-53-33-10-16-42(28(2)19-33)56-60-47-26-39-31(23-50(47)80(74,75)76)6-5-7-48(39)78(68,69)70)54-58-45-20-30(4)46(21-29(45)3)59-57-44-14-8-32-22-35(11-12-37(32)52(44)64)63-61-43-17-13-38-40(51(43)62-63)24-36(77(65,66)67)25-49(38)79(71,72)73;2*1-4(2)3/h5-26,64H,1-4H3,(H,65,66,67)(H,68,69,70)(H,71,72,73)(H,74,75,76);;. The molecule has 0 saturated heterocycles. The highest BCUT2D eigenvalue weighted by atomic mass is 32.2. The average molecular weight is 1310 g/mol. The van der Waals surface area contributed by atoms with Crippen LogP contribution in [-0.4, -0.2) is 97.2 Å². The maximum absolute atomic E-state index is 12.3. The summed E-state index contributed by atoms with van der Waals surface area (Å²) in [6.45, 7) is 7.21. The lowest BCUT2D eigenvalue weighted by atomic mass is 10.1. The Bertz CT molecular complexity index is 5400. The SMILES string of the molecule is Cc1cc(N=Nc2cc(C)c(N=Nc3ccc4cc(-n5nc6ccc7c(S(=O)(=O)O)cc(S(=O)(=O)O)cc7c6n5)ccc4c3O)cc2C)ccc1N=Nc1ccc(N=Nc2cc3c(S(=O)(=O)O)cccc3cc2S(=O)(=O)O)c(C)c1.O=S(=O)=O.O=S(=O)=O. The molecule has 0 atom stereocenters. The summed E-state index contributed by atoms with van der Waals surface area (Å²) in [7, 11) is -25.5. The van der Waals surface area contributed by atoms with Gasteiger partial charge in [-0.15, -0.1) is 45.7 Å². The molecule has 0 aliphatic carbocycles. The molecule has 9 aromatic carbocycles. The van der Waals surface area contributed by atoms with Crippen LogP contribution >= 0.6 is 0 Å². The smallest absolute Gasteiger partial charge is 0.425 e. The molecular weight excluding hydrogens is 1280 g/mol. The normalized spacial score (nSPS) is 12.4. The number of azo groups is 4. The van der Waals surface area contributed by atoms with Gasteiger partial charge in [-0.25, -0.2) is 0 Å². The molecule has 0 aliphatic rings. The van der Waals surface area contributed by atoms with E-state index < -0.39 is 81.3 Å². The zero-order chi connectivity index (χ0) is 64.4. The minimum Gasteiger partial charge on any atom is -0.505 e. The fourth-order valence-electron chi connectivity index (χ4n) is 8.57. The number of fused-ring (bicyclic) bond motifs is 5. The number of hydrogen-bond acceptors (Lipinski definition) is 25. The summed E-state index contributed by atoms with van der Waals surface area (Å²) in [6, 6.07) is 32.3. The lowest BCUT2D eigenvalue weighted by Crippen LogP contribution is -2.04. The predicted molar refractivity (Wildman–Crippen MR) is 313 cm³/mol. The highest BCUT2D eigenvalue weighted by Gasteiger charge is 2.24. The van der Waals surface area contributed by atoms with Crippen LogP contribution in [0.15, 0.2) is 194 Å². The molecule has 1 aromatic heterocycles. The Morgan fingerprint density at radius 1 is 0.386 bits per heavy atom. The molecule has 5 N–H and O–H groups in total. The molecule has 30 nitrogen and oxygen atoms in total. The lowest BCUT2D eigenvalue weighted by molar-refractivity contribution is 0.479. The number of rotatable bonds is 13. The predicted octanol–water partition coefficient (Wildman–Crippen LogP) is 11.5. The second kappa shape index (κ2) is 25.3. The summed E-state index contributed by atoms with van der Waals surface area (Å²) >= 11 is 0. The summed E-state index contributed by atoms with van der Waals surface area (Å²) in [5.41, 5.74) is 6.29. The number of aryl methyl sites for hydroxylation is 4. The van der Waals surface area contributed by atoms with Crippen molar-refractivity contribution < 1.29 is 82.2 Å². The Balaban J connectivity index is 0.00000118. The summed E-state index contributed by atoms with van der Waals surface area (Å²) in [5, 5.41) is 55.8. The van der Waals surface area contributed by atoms with Crippen molar-refractivity contribution in [1.82, 2.24) is 15.0 Å². The quantitative estimate of drug-likeness (QED) is 0.0528. The number of nitrogens with zero attached hydrogens (tertiary/aromatic N) is 11. The Morgan fingerprint density at radius 2 is 0.864 bits per heavy atom. The number of benzene rings is 9. The van der Waals surface area contributed by atoms with E-state index in [1.54, 1.807) is 85.8 Å². The van der Waals surface area contributed by atoms with Crippen LogP contribution in [0, 0.1) is 27.7 Å². The molecule has 0 radical (unpaired) electrons. The molecule has 0 bridgehead atoms. The molecule has 0 unspecified atom stereocenters. The van der Waals surface area contributed by atoms with Gasteiger partial charge in [0, 0.05) is 21.5 Å². The van der Waals surface area contributed by atoms with Gasteiger partial charge in [0.25, 0.3) is 40.5 Å². The van der Waals surface area contributed by atoms with Crippen LogP contribution in [0.4, 0.5) is 45.5 Å². The van der Waals surface area contributed by atoms with Crippen molar-refractivity contribution in [3.63, 3.8) is 0 Å². The molecule has 36 heteroatoms. The van der Waals surface area contributed by atoms with E-state index in [0.29, 0.717) is 62.2 Å². The fourth-order valence-corrected chi connectivity index (χ4v) is 11.3. The van der Waals surface area contributed by atoms with Crippen LogP contribution in [0.3, 0.4) is 0 Å². The van der Waals surface area contributed by atoms with Crippen molar-refractivity contribution >= 4 is 151 Å². The molecular formula is C52H39N11O19S6. The first-order valence-electron chi connectivity index (χ1n) is 24.3. The van der Waals surface area contributed by atoms with Gasteiger partial charge >= 0.3 is 21.2 Å². The van der Waals surface area contributed by atoms with Crippen LogP contribution in [0.2, 0.25) is 0 Å². The maximum Gasteiger partial charge on any atom is 0.425 e. The molecule has 0 fully saturated rings. The zero-order valence-corrected chi connectivity index (χ0v) is 49.9. The van der Waals surface area contributed by atoms with Gasteiger partial charge in [-0.2, -0.15) is 69.2 Å². The number of aromatic nitrogens is 3. The third-order valence-corrected chi connectivity index (χ3v) is 16.1. The van der Waals surface area contributed by atoms with E-state index in [4.69, 9.17) is 25.3 Å².